The Morgan fingerprint density at radius 1 is 1.05 bits per heavy atom. The van der Waals surface area contributed by atoms with Crippen LogP contribution in [0.15, 0.2) is 42.0 Å². The van der Waals surface area contributed by atoms with E-state index in [1.54, 1.807) is 44.6 Å². The maximum Gasteiger partial charge on any atom is 0.247 e. The number of hydrogen-bond acceptors (Lipinski definition) is 9. The average molecular weight is 557 g/mol. The second-order valence-electron chi connectivity index (χ2n) is 9.66. The first-order valence-electron chi connectivity index (χ1n) is 13.0. The van der Waals surface area contributed by atoms with E-state index in [1.807, 2.05) is 6.07 Å². The fourth-order valence-corrected chi connectivity index (χ4v) is 5.45. The Bertz CT molecular complexity index is 1280. The summed E-state index contributed by atoms with van der Waals surface area (Å²) < 4.78 is 22.5. The first-order chi connectivity index (χ1) is 19.3. The number of amides is 2. The number of aliphatic hydroxyl groups is 3. The van der Waals surface area contributed by atoms with E-state index in [-0.39, 0.29) is 37.8 Å². The molecule has 11 nitrogen and oxygen atoms in total. The third-order valence-corrected chi connectivity index (χ3v) is 7.37. The SMILES string of the molecule is COc1ccc(OC)c(CCN(C(C)=O)[C@@H]2C=C(C(=O)NCCO)[C@@H]3c4cc(CO)cc(OC)c4O[C@@H]3[C@H]2O)c1. The molecule has 1 aliphatic heterocycles. The van der Waals surface area contributed by atoms with Gasteiger partial charge in [-0.25, -0.2) is 0 Å². The Kier molecular flexibility index (Phi) is 9.18. The van der Waals surface area contributed by atoms with Crippen LogP contribution in [0.2, 0.25) is 0 Å². The molecule has 2 aliphatic rings. The van der Waals surface area contributed by atoms with Crippen molar-refractivity contribution in [3.8, 4) is 23.0 Å². The Morgan fingerprint density at radius 3 is 2.42 bits per heavy atom. The van der Waals surface area contributed by atoms with Crippen LogP contribution in [0.4, 0.5) is 0 Å². The summed E-state index contributed by atoms with van der Waals surface area (Å²) >= 11 is 0. The largest absolute Gasteiger partial charge is 0.497 e. The predicted molar refractivity (Wildman–Crippen MR) is 145 cm³/mol. The highest BCUT2D eigenvalue weighted by atomic mass is 16.5. The van der Waals surface area contributed by atoms with Gasteiger partial charge in [-0.05, 0) is 54.0 Å². The highest BCUT2D eigenvalue weighted by molar-refractivity contribution is 5.96. The van der Waals surface area contributed by atoms with Crippen molar-refractivity contribution in [1.82, 2.24) is 10.2 Å². The number of hydrogen-bond donors (Lipinski definition) is 4. The zero-order valence-electron chi connectivity index (χ0n) is 23.0. The maximum atomic E-state index is 13.4. The molecule has 0 aromatic heterocycles. The van der Waals surface area contributed by atoms with Gasteiger partial charge < -0.3 is 44.5 Å². The van der Waals surface area contributed by atoms with Gasteiger partial charge in [0.05, 0.1) is 46.5 Å². The quantitative estimate of drug-likeness (QED) is 0.317. The van der Waals surface area contributed by atoms with Gasteiger partial charge in [0.25, 0.3) is 0 Å². The van der Waals surface area contributed by atoms with Crippen LogP contribution in [0, 0.1) is 0 Å². The third kappa shape index (κ3) is 5.58. The number of nitrogens with one attached hydrogen (secondary N) is 1. The van der Waals surface area contributed by atoms with Gasteiger partial charge in [0, 0.05) is 31.1 Å². The van der Waals surface area contributed by atoms with Gasteiger partial charge in [0.2, 0.25) is 11.8 Å². The van der Waals surface area contributed by atoms with Crippen molar-refractivity contribution in [1.29, 1.82) is 0 Å². The molecule has 2 amide bonds. The number of carbonyl (C=O) groups excluding carboxylic acids is 2. The third-order valence-electron chi connectivity index (χ3n) is 7.37. The van der Waals surface area contributed by atoms with Gasteiger partial charge in [-0.3, -0.25) is 9.59 Å². The summed E-state index contributed by atoms with van der Waals surface area (Å²) in [5, 5.41) is 33.4. The predicted octanol–water partition coefficient (Wildman–Crippen LogP) is 0.919. The number of benzene rings is 2. The van der Waals surface area contributed by atoms with Crippen LogP contribution in [0.25, 0.3) is 0 Å². The molecule has 0 unspecified atom stereocenters. The first kappa shape index (κ1) is 29.2. The molecular formula is C29H36N2O9. The molecule has 0 radical (unpaired) electrons. The van der Waals surface area contributed by atoms with Crippen LogP contribution >= 0.6 is 0 Å². The van der Waals surface area contributed by atoms with Crippen molar-refractivity contribution in [3.63, 3.8) is 0 Å². The highest BCUT2D eigenvalue weighted by Crippen LogP contribution is 2.51. The molecule has 11 heteroatoms. The summed E-state index contributed by atoms with van der Waals surface area (Å²) in [4.78, 5) is 27.8. The molecule has 216 valence electrons. The van der Waals surface area contributed by atoms with Crippen LogP contribution in [0.5, 0.6) is 23.0 Å². The number of fused-ring (bicyclic) bond motifs is 3. The summed E-state index contributed by atoms with van der Waals surface area (Å²) in [5.74, 6) is 0.563. The highest BCUT2D eigenvalue weighted by Gasteiger charge is 2.51. The summed E-state index contributed by atoms with van der Waals surface area (Å²) in [6.07, 6.45) is -0.105. The van der Waals surface area contributed by atoms with Crippen molar-refractivity contribution in [3.05, 3.63) is 58.7 Å². The minimum absolute atomic E-state index is 0.0283. The summed E-state index contributed by atoms with van der Waals surface area (Å²) in [5.41, 5.74) is 2.25. The normalized spacial score (nSPS) is 20.9. The van der Waals surface area contributed by atoms with Gasteiger partial charge in [0.15, 0.2) is 11.5 Å². The van der Waals surface area contributed by atoms with Crippen molar-refractivity contribution >= 4 is 11.8 Å². The monoisotopic (exact) mass is 556 g/mol. The van der Waals surface area contributed by atoms with Gasteiger partial charge in [-0.1, -0.05) is 0 Å². The molecule has 40 heavy (non-hydrogen) atoms. The molecule has 4 atom stereocenters. The van der Waals surface area contributed by atoms with E-state index in [4.69, 9.17) is 18.9 Å². The van der Waals surface area contributed by atoms with Gasteiger partial charge in [0.1, 0.15) is 23.7 Å². The average Bonchev–Trinajstić information content (AvgIpc) is 3.36. The van der Waals surface area contributed by atoms with Crippen LogP contribution in [0.3, 0.4) is 0 Å². The molecule has 0 saturated heterocycles. The number of rotatable bonds is 11. The van der Waals surface area contributed by atoms with E-state index in [9.17, 15) is 24.9 Å². The smallest absolute Gasteiger partial charge is 0.247 e. The lowest BCUT2D eigenvalue weighted by atomic mass is 9.77. The molecule has 1 heterocycles. The van der Waals surface area contributed by atoms with Gasteiger partial charge in [-0.2, -0.15) is 0 Å². The number of carbonyl (C=O) groups is 2. The van der Waals surface area contributed by atoms with Crippen LogP contribution in [-0.4, -0.2) is 91.3 Å². The number of nitrogens with zero attached hydrogens (tertiary/aromatic N) is 1. The number of ether oxygens (including phenoxy) is 4. The molecule has 1 aliphatic carbocycles. The Hall–Kier alpha value is -3.80. The second-order valence-corrected chi connectivity index (χ2v) is 9.66. The Morgan fingerprint density at radius 2 is 1.80 bits per heavy atom. The van der Waals surface area contributed by atoms with Gasteiger partial charge in [-0.15, -0.1) is 0 Å². The molecule has 2 aromatic carbocycles. The summed E-state index contributed by atoms with van der Waals surface area (Å²) in [6.45, 7) is 1.14. The van der Waals surface area contributed by atoms with Crippen molar-refractivity contribution < 1.29 is 43.9 Å². The van der Waals surface area contributed by atoms with Crippen LogP contribution in [0.1, 0.15) is 29.5 Å². The number of methoxy groups -OCH3 is 3. The molecule has 0 saturated carbocycles. The zero-order chi connectivity index (χ0) is 29.0. The molecule has 2 aromatic rings. The maximum absolute atomic E-state index is 13.4. The second kappa shape index (κ2) is 12.6. The lowest BCUT2D eigenvalue weighted by molar-refractivity contribution is -0.134. The molecule has 0 fully saturated rings. The number of aliphatic hydroxyl groups excluding tert-OH is 3. The van der Waals surface area contributed by atoms with E-state index in [0.29, 0.717) is 40.5 Å². The van der Waals surface area contributed by atoms with Crippen molar-refractivity contribution in [2.75, 3.05) is 41.0 Å². The van der Waals surface area contributed by atoms with E-state index in [0.717, 1.165) is 5.56 Å². The first-order valence-corrected chi connectivity index (χ1v) is 13.0. The van der Waals surface area contributed by atoms with E-state index < -0.39 is 30.1 Å². The summed E-state index contributed by atoms with van der Waals surface area (Å²) in [6, 6.07) is 7.87. The van der Waals surface area contributed by atoms with E-state index >= 15 is 0 Å². The van der Waals surface area contributed by atoms with Gasteiger partial charge >= 0.3 is 0 Å². The fraction of sp³-hybridized carbons (Fsp3) is 0.448. The molecular weight excluding hydrogens is 520 g/mol. The Balaban J connectivity index is 1.73. The van der Waals surface area contributed by atoms with E-state index in [2.05, 4.69) is 5.32 Å². The standard InChI is InChI=1S/C29H36N2O9/c1-16(34)31(9-7-18-13-19(37-2)5-6-23(18)38-3)22-14-21(29(36)30-8-10-32)25-20-11-17(15-33)12-24(39-4)27(20)40-28(25)26(22)35/h5-6,11-14,22,25-26,28,32-33,35H,7-10,15H2,1-4H3,(H,30,36)/t22-,25+,26+,28+/m1/s1. The molecule has 4 N–H and O–H groups in total. The molecule has 0 spiro atoms. The lowest BCUT2D eigenvalue weighted by Gasteiger charge is -2.40. The molecule has 4 rings (SSSR count). The van der Waals surface area contributed by atoms with Crippen molar-refractivity contribution in [2.45, 2.75) is 44.1 Å². The lowest BCUT2D eigenvalue weighted by Crippen LogP contribution is -2.55. The van der Waals surface area contributed by atoms with E-state index in [1.165, 1.54) is 18.9 Å². The minimum atomic E-state index is -1.19. The summed E-state index contributed by atoms with van der Waals surface area (Å²) in [7, 11) is 4.59. The van der Waals surface area contributed by atoms with Crippen LogP contribution in [-0.2, 0) is 22.6 Å². The zero-order valence-corrected chi connectivity index (χ0v) is 23.0. The minimum Gasteiger partial charge on any atom is -0.497 e. The fourth-order valence-electron chi connectivity index (χ4n) is 5.45. The topological polar surface area (TPSA) is 147 Å². The Labute approximate surface area is 232 Å². The molecule has 0 bridgehead atoms. The van der Waals surface area contributed by atoms with Crippen molar-refractivity contribution in [2.24, 2.45) is 0 Å². The van der Waals surface area contributed by atoms with Crippen LogP contribution < -0.4 is 24.3 Å².